The van der Waals surface area contributed by atoms with Crippen molar-refractivity contribution in [3.63, 3.8) is 0 Å². The molecule has 0 radical (unpaired) electrons. The molecule has 0 aliphatic rings. The van der Waals surface area contributed by atoms with E-state index in [0.29, 0.717) is 32.2 Å². The number of ketones is 1. The van der Waals surface area contributed by atoms with Crippen LogP contribution in [0.3, 0.4) is 0 Å². The first-order valence-corrected chi connectivity index (χ1v) is 10.0. The molecule has 5 nitrogen and oxygen atoms in total. The molecule has 2 heterocycles. The number of nitrogens with zero attached hydrogens (tertiary/aromatic N) is 1. The van der Waals surface area contributed by atoms with E-state index in [1.54, 1.807) is 26.3 Å². The summed E-state index contributed by atoms with van der Waals surface area (Å²) in [7, 11) is 3.25. The number of ether oxygens (including phenoxy) is 2. The SMILES string of the molecule is CCOc1ccc(/C=c2\s/c(=C\C(=O)c3cccs3)n(C)c2=O)cc1OC. The number of rotatable bonds is 6. The van der Waals surface area contributed by atoms with Gasteiger partial charge < -0.3 is 14.0 Å². The van der Waals surface area contributed by atoms with Crippen molar-refractivity contribution in [1.82, 2.24) is 4.57 Å². The lowest BCUT2D eigenvalue weighted by atomic mass is 10.2. The molecule has 0 unspecified atom stereocenters. The van der Waals surface area contributed by atoms with Gasteiger partial charge in [-0.05, 0) is 42.1 Å². The predicted molar refractivity (Wildman–Crippen MR) is 110 cm³/mol. The number of thiazole rings is 1. The highest BCUT2D eigenvalue weighted by Gasteiger charge is 2.08. The standard InChI is InChI=1S/C20H19NO4S2/c1-4-25-15-8-7-13(10-16(15)24-3)11-18-20(23)21(2)19(27-18)12-14(22)17-6-5-9-26-17/h5-12H,4H2,1-3H3/b18-11-,19-12-. The van der Waals surface area contributed by atoms with E-state index in [4.69, 9.17) is 9.47 Å². The monoisotopic (exact) mass is 401 g/mol. The Morgan fingerprint density at radius 2 is 2.07 bits per heavy atom. The van der Waals surface area contributed by atoms with E-state index in [9.17, 15) is 9.59 Å². The van der Waals surface area contributed by atoms with Crippen LogP contribution in [0.15, 0.2) is 40.5 Å². The second kappa shape index (κ2) is 8.37. The average Bonchev–Trinajstić information content (AvgIpc) is 3.29. The summed E-state index contributed by atoms with van der Waals surface area (Å²) in [4.78, 5) is 25.5. The molecular weight excluding hydrogens is 382 g/mol. The fraction of sp³-hybridized carbons (Fsp3) is 0.200. The molecule has 0 fully saturated rings. The van der Waals surface area contributed by atoms with E-state index in [2.05, 4.69) is 0 Å². The first kappa shape index (κ1) is 19.1. The molecule has 140 valence electrons. The molecule has 0 spiro atoms. The van der Waals surface area contributed by atoms with Crippen LogP contribution in [0.2, 0.25) is 0 Å². The van der Waals surface area contributed by atoms with Gasteiger partial charge in [-0.25, -0.2) is 0 Å². The van der Waals surface area contributed by atoms with Crippen LogP contribution in [-0.4, -0.2) is 24.1 Å². The number of benzene rings is 1. The van der Waals surface area contributed by atoms with Gasteiger partial charge in [0, 0.05) is 13.1 Å². The van der Waals surface area contributed by atoms with Crippen LogP contribution in [0.25, 0.3) is 12.2 Å². The topological polar surface area (TPSA) is 57.5 Å². The van der Waals surface area contributed by atoms with E-state index in [1.165, 1.54) is 33.3 Å². The maximum Gasteiger partial charge on any atom is 0.268 e. The normalized spacial score (nSPS) is 12.4. The van der Waals surface area contributed by atoms with E-state index >= 15 is 0 Å². The number of methoxy groups -OCH3 is 1. The Labute approximate surface area is 164 Å². The van der Waals surface area contributed by atoms with E-state index in [0.717, 1.165) is 5.56 Å². The number of hydrogen-bond donors (Lipinski definition) is 0. The van der Waals surface area contributed by atoms with Crippen LogP contribution in [-0.2, 0) is 7.05 Å². The summed E-state index contributed by atoms with van der Waals surface area (Å²) in [5.41, 5.74) is 0.684. The molecule has 0 atom stereocenters. The second-order valence-electron chi connectivity index (χ2n) is 5.64. The van der Waals surface area contributed by atoms with Gasteiger partial charge >= 0.3 is 0 Å². The minimum absolute atomic E-state index is 0.101. The van der Waals surface area contributed by atoms with Gasteiger partial charge in [0.2, 0.25) is 0 Å². The van der Waals surface area contributed by atoms with Crippen molar-refractivity contribution in [2.24, 2.45) is 7.05 Å². The van der Waals surface area contributed by atoms with E-state index in [-0.39, 0.29) is 11.3 Å². The van der Waals surface area contributed by atoms with Gasteiger partial charge in [-0.1, -0.05) is 12.1 Å². The fourth-order valence-electron chi connectivity index (χ4n) is 2.51. The second-order valence-corrected chi connectivity index (χ2v) is 7.65. The Hall–Kier alpha value is -2.64. The van der Waals surface area contributed by atoms with Gasteiger partial charge in [0.15, 0.2) is 17.3 Å². The molecule has 7 heteroatoms. The van der Waals surface area contributed by atoms with E-state index < -0.39 is 0 Å². The molecule has 3 rings (SSSR count). The van der Waals surface area contributed by atoms with Gasteiger partial charge in [0.1, 0.15) is 4.66 Å². The van der Waals surface area contributed by atoms with Gasteiger partial charge in [-0.15, -0.1) is 22.7 Å². The smallest absolute Gasteiger partial charge is 0.268 e. The lowest BCUT2D eigenvalue weighted by Gasteiger charge is -2.09. The molecule has 2 aromatic heterocycles. The summed E-state index contributed by atoms with van der Waals surface area (Å²) in [6.07, 6.45) is 3.30. The molecule has 0 N–H and O–H groups in total. The van der Waals surface area contributed by atoms with Gasteiger partial charge in [0.25, 0.3) is 5.56 Å². The van der Waals surface area contributed by atoms with Crippen molar-refractivity contribution >= 4 is 40.6 Å². The minimum Gasteiger partial charge on any atom is -0.493 e. The molecule has 0 amide bonds. The van der Waals surface area contributed by atoms with Crippen LogP contribution in [0.5, 0.6) is 11.5 Å². The highest BCUT2D eigenvalue weighted by atomic mass is 32.1. The third kappa shape index (κ3) is 4.20. The molecular formula is C20H19NO4S2. The Bertz CT molecular complexity index is 1120. The van der Waals surface area contributed by atoms with Gasteiger partial charge in [0.05, 0.1) is 23.1 Å². The number of Topliss-reactive ketones (excluding diaryl/α,β-unsaturated/α-hetero) is 1. The summed E-state index contributed by atoms with van der Waals surface area (Å²) in [6.45, 7) is 2.45. The molecule has 0 aliphatic carbocycles. The number of hydrogen-bond acceptors (Lipinski definition) is 6. The van der Waals surface area contributed by atoms with Crippen molar-refractivity contribution in [2.45, 2.75) is 6.92 Å². The summed E-state index contributed by atoms with van der Waals surface area (Å²) in [6, 6.07) is 9.11. The number of carbonyl (C=O) groups is 1. The molecule has 0 saturated carbocycles. The van der Waals surface area contributed by atoms with Gasteiger partial charge in [-0.2, -0.15) is 0 Å². The Balaban J connectivity index is 2.03. The Morgan fingerprint density at radius 3 is 2.74 bits per heavy atom. The molecule has 0 saturated heterocycles. The quantitative estimate of drug-likeness (QED) is 0.595. The number of carbonyl (C=O) groups excluding carboxylic acids is 1. The van der Waals surface area contributed by atoms with Crippen LogP contribution in [0.4, 0.5) is 0 Å². The lowest BCUT2D eigenvalue weighted by molar-refractivity contribution is 0.106. The molecule has 27 heavy (non-hydrogen) atoms. The predicted octanol–water partition coefficient (Wildman–Crippen LogP) is 2.41. The zero-order valence-corrected chi connectivity index (χ0v) is 16.9. The minimum atomic E-state index is -0.141. The van der Waals surface area contributed by atoms with Crippen molar-refractivity contribution in [3.8, 4) is 11.5 Å². The van der Waals surface area contributed by atoms with Crippen molar-refractivity contribution in [1.29, 1.82) is 0 Å². The lowest BCUT2D eigenvalue weighted by Crippen LogP contribution is -2.29. The zero-order chi connectivity index (χ0) is 19.4. The molecule has 0 aliphatic heterocycles. The highest BCUT2D eigenvalue weighted by molar-refractivity contribution is 7.12. The molecule has 1 aromatic carbocycles. The summed E-state index contributed by atoms with van der Waals surface area (Å²) >= 11 is 2.67. The third-order valence-electron chi connectivity index (χ3n) is 3.86. The first-order valence-electron chi connectivity index (χ1n) is 8.31. The maximum absolute atomic E-state index is 12.5. The summed E-state index contributed by atoms with van der Waals surface area (Å²) in [5, 5.41) is 1.85. The summed E-state index contributed by atoms with van der Waals surface area (Å²) < 4.78 is 13.5. The largest absolute Gasteiger partial charge is 0.493 e. The van der Waals surface area contributed by atoms with Crippen LogP contribution >= 0.6 is 22.7 Å². The Kier molecular flexibility index (Phi) is 5.93. The van der Waals surface area contributed by atoms with Crippen molar-refractivity contribution < 1.29 is 14.3 Å². The summed E-state index contributed by atoms with van der Waals surface area (Å²) in [5.74, 6) is 1.17. The highest BCUT2D eigenvalue weighted by Crippen LogP contribution is 2.28. The molecule has 0 bridgehead atoms. The number of thiophene rings is 1. The average molecular weight is 402 g/mol. The van der Waals surface area contributed by atoms with E-state index in [1.807, 2.05) is 36.6 Å². The van der Waals surface area contributed by atoms with Crippen molar-refractivity contribution in [3.05, 3.63) is 65.7 Å². The zero-order valence-electron chi connectivity index (χ0n) is 15.2. The van der Waals surface area contributed by atoms with Gasteiger partial charge in [-0.3, -0.25) is 9.59 Å². The molecule has 3 aromatic rings. The van der Waals surface area contributed by atoms with Crippen LogP contribution < -0.4 is 24.2 Å². The maximum atomic E-state index is 12.5. The van der Waals surface area contributed by atoms with Crippen molar-refractivity contribution in [2.75, 3.05) is 13.7 Å². The fourth-order valence-corrected chi connectivity index (χ4v) is 4.18. The number of aromatic nitrogens is 1. The first-order chi connectivity index (χ1) is 13.0. The Morgan fingerprint density at radius 1 is 1.26 bits per heavy atom. The third-order valence-corrected chi connectivity index (χ3v) is 5.86. The van der Waals surface area contributed by atoms with Crippen LogP contribution in [0.1, 0.15) is 22.2 Å². The van der Waals surface area contributed by atoms with Crippen LogP contribution in [0, 0.1) is 0 Å².